The van der Waals surface area contributed by atoms with Crippen LogP contribution < -0.4 is 5.43 Å². The summed E-state index contributed by atoms with van der Waals surface area (Å²) < 4.78 is 11.0. The first-order valence-corrected chi connectivity index (χ1v) is 5.95. The lowest BCUT2D eigenvalue weighted by molar-refractivity contribution is 0.451. The van der Waals surface area contributed by atoms with Gasteiger partial charge < -0.3 is 19.0 Å². The van der Waals surface area contributed by atoms with Gasteiger partial charge in [-0.2, -0.15) is 0 Å². The largest absolute Gasteiger partial charge is 0.508 e. The molecule has 2 N–H and O–H groups in total. The van der Waals surface area contributed by atoms with E-state index in [-0.39, 0.29) is 39.1 Å². The van der Waals surface area contributed by atoms with Crippen molar-refractivity contribution in [1.29, 1.82) is 0 Å². The van der Waals surface area contributed by atoms with Crippen LogP contribution in [0.5, 0.6) is 11.5 Å². The van der Waals surface area contributed by atoms with Gasteiger partial charge in [-0.25, -0.2) is 0 Å². The minimum absolute atomic E-state index is 0.0295. The Morgan fingerprint density at radius 3 is 2.50 bits per heavy atom. The summed E-state index contributed by atoms with van der Waals surface area (Å²) in [6.07, 6.45) is 0. The van der Waals surface area contributed by atoms with Gasteiger partial charge in [0, 0.05) is 17.5 Å². The van der Waals surface area contributed by atoms with Crippen molar-refractivity contribution in [2.24, 2.45) is 0 Å². The molecule has 5 nitrogen and oxygen atoms in total. The molecule has 0 fully saturated rings. The number of rotatable bonds is 0. The topological polar surface area (TPSA) is 83.8 Å². The standard InChI is InChI=1S/C15H8O5/c16-7-5-9(17)13-11(6-7)20-15-12(14(13)18)8-3-1-2-4-10(8)19-15/h1-6,16-17H. The van der Waals surface area contributed by atoms with Crippen LogP contribution in [0.15, 0.2) is 50.0 Å². The molecule has 2 aromatic heterocycles. The molecule has 2 heterocycles. The van der Waals surface area contributed by atoms with Gasteiger partial charge >= 0.3 is 5.78 Å². The highest BCUT2D eigenvalue weighted by molar-refractivity contribution is 6.06. The van der Waals surface area contributed by atoms with Crippen molar-refractivity contribution in [2.75, 3.05) is 0 Å². The van der Waals surface area contributed by atoms with Crippen LogP contribution in [0.4, 0.5) is 0 Å². The summed E-state index contributed by atoms with van der Waals surface area (Å²) in [5.74, 6) is -0.428. The molecule has 4 aromatic rings. The summed E-state index contributed by atoms with van der Waals surface area (Å²) in [5.41, 5.74) is 0.227. The first-order valence-electron chi connectivity index (χ1n) is 5.95. The fourth-order valence-corrected chi connectivity index (χ4v) is 2.43. The Labute approximate surface area is 111 Å². The molecule has 0 radical (unpaired) electrons. The second-order valence-corrected chi connectivity index (χ2v) is 4.53. The molecule has 0 atom stereocenters. The van der Waals surface area contributed by atoms with Crippen molar-refractivity contribution in [2.45, 2.75) is 0 Å². The van der Waals surface area contributed by atoms with Crippen LogP contribution in [0, 0.1) is 0 Å². The Balaban J connectivity index is 2.35. The highest BCUT2D eigenvalue weighted by Gasteiger charge is 2.18. The molecule has 0 aliphatic rings. The van der Waals surface area contributed by atoms with E-state index in [1.807, 2.05) is 0 Å². The van der Waals surface area contributed by atoms with Crippen LogP contribution >= 0.6 is 0 Å². The fourth-order valence-electron chi connectivity index (χ4n) is 2.43. The third kappa shape index (κ3) is 1.29. The predicted octanol–water partition coefficient (Wildman–Crippen LogP) is 3.10. The monoisotopic (exact) mass is 268 g/mol. The van der Waals surface area contributed by atoms with Gasteiger partial charge in [0.15, 0.2) is 0 Å². The minimum Gasteiger partial charge on any atom is -0.508 e. The summed E-state index contributed by atoms with van der Waals surface area (Å²) in [6.45, 7) is 0. The third-order valence-electron chi connectivity index (χ3n) is 3.29. The average Bonchev–Trinajstić information content (AvgIpc) is 2.75. The van der Waals surface area contributed by atoms with Crippen molar-refractivity contribution in [1.82, 2.24) is 0 Å². The quantitative estimate of drug-likeness (QED) is 0.512. The molecule has 0 aliphatic heterocycles. The number of phenols is 2. The van der Waals surface area contributed by atoms with E-state index in [0.717, 1.165) is 6.07 Å². The highest BCUT2D eigenvalue weighted by atomic mass is 16.5. The molecular weight excluding hydrogens is 260 g/mol. The van der Waals surface area contributed by atoms with Gasteiger partial charge in [0.25, 0.3) is 0 Å². The zero-order valence-electron chi connectivity index (χ0n) is 10.1. The van der Waals surface area contributed by atoms with Crippen molar-refractivity contribution in [3.63, 3.8) is 0 Å². The smallest absolute Gasteiger partial charge is 0.302 e. The van der Waals surface area contributed by atoms with E-state index in [9.17, 15) is 15.0 Å². The summed E-state index contributed by atoms with van der Waals surface area (Å²) in [6, 6.07) is 9.43. The van der Waals surface area contributed by atoms with Crippen molar-refractivity contribution < 1.29 is 19.0 Å². The van der Waals surface area contributed by atoms with E-state index in [4.69, 9.17) is 8.83 Å². The SMILES string of the molecule is O=c1c2c(O)cc(O)cc2oc2oc3ccccc3c12. The molecule has 20 heavy (non-hydrogen) atoms. The van der Waals surface area contributed by atoms with Crippen LogP contribution in [0.25, 0.3) is 33.1 Å². The Bertz CT molecular complexity index is 1040. The second-order valence-electron chi connectivity index (χ2n) is 4.53. The molecule has 2 aromatic carbocycles. The van der Waals surface area contributed by atoms with Gasteiger partial charge in [0.2, 0.25) is 5.43 Å². The van der Waals surface area contributed by atoms with E-state index in [1.165, 1.54) is 6.07 Å². The predicted molar refractivity (Wildman–Crippen MR) is 73.1 cm³/mol. The zero-order valence-corrected chi connectivity index (χ0v) is 10.1. The summed E-state index contributed by atoms with van der Waals surface area (Å²) in [4.78, 5) is 12.5. The van der Waals surface area contributed by atoms with E-state index in [0.29, 0.717) is 11.0 Å². The highest BCUT2D eigenvalue weighted by Crippen LogP contribution is 2.33. The number of fused-ring (bicyclic) bond motifs is 4. The second kappa shape index (κ2) is 3.54. The number of hydrogen-bond acceptors (Lipinski definition) is 5. The van der Waals surface area contributed by atoms with Crippen LogP contribution in [0.1, 0.15) is 0 Å². The molecule has 0 unspecified atom stereocenters. The Morgan fingerprint density at radius 2 is 1.65 bits per heavy atom. The fraction of sp³-hybridized carbons (Fsp3) is 0. The molecule has 98 valence electrons. The summed E-state index contributed by atoms with van der Waals surface area (Å²) in [7, 11) is 0. The molecule has 4 rings (SSSR count). The van der Waals surface area contributed by atoms with Crippen molar-refractivity contribution >= 4 is 33.1 Å². The van der Waals surface area contributed by atoms with Gasteiger partial charge in [0.1, 0.15) is 33.4 Å². The molecule has 0 saturated heterocycles. The molecule has 0 amide bonds. The lowest BCUT2D eigenvalue weighted by Gasteiger charge is -2.00. The van der Waals surface area contributed by atoms with E-state index >= 15 is 0 Å². The first-order chi connectivity index (χ1) is 9.65. The number of hydrogen-bond donors (Lipinski definition) is 2. The van der Waals surface area contributed by atoms with Gasteiger partial charge in [-0.05, 0) is 6.07 Å². The number of furan rings is 1. The molecule has 0 aliphatic carbocycles. The van der Waals surface area contributed by atoms with E-state index in [2.05, 4.69) is 0 Å². The van der Waals surface area contributed by atoms with Crippen LogP contribution in [-0.4, -0.2) is 10.2 Å². The number of aromatic hydroxyl groups is 2. The Kier molecular flexibility index (Phi) is 1.93. The van der Waals surface area contributed by atoms with Gasteiger partial charge in [-0.15, -0.1) is 0 Å². The van der Waals surface area contributed by atoms with Gasteiger partial charge in [-0.3, -0.25) is 4.79 Å². The maximum absolute atomic E-state index is 12.5. The van der Waals surface area contributed by atoms with E-state index in [1.54, 1.807) is 24.3 Å². The Hall–Kier alpha value is -2.95. The lowest BCUT2D eigenvalue weighted by Crippen LogP contribution is -2.01. The van der Waals surface area contributed by atoms with Crippen molar-refractivity contribution in [3.05, 3.63) is 46.6 Å². The number of benzene rings is 2. The average molecular weight is 268 g/mol. The maximum atomic E-state index is 12.5. The maximum Gasteiger partial charge on any atom is 0.302 e. The number of phenolic OH excluding ortho intramolecular Hbond substituents is 2. The number of para-hydroxylation sites is 1. The third-order valence-corrected chi connectivity index (χ3v) is 3.29. The van der Waals surface area contributed by atoms with Crippen LogP contribution in [0.3, 0.4) is 0 Å². The lowest BCUT2D eigenvalue weighted by atomic mass is 10.1. The molecule has 0 bridgehead atoms. The van der Waals surface area contributed by atoms with Crippen LogP contribution in [-0.2, 0) is 0 Å². The first kappa shape index (κ1) is 10.9. The normalized spacial score (nSPS) is 11.6. The summed E-state index contributed by atoms with van der Waals surface area (Å²) in [5, 5.41) is 20.3. The molecule has 5 heteroatoms. The summed E-state index contributed by atoms with van der Waals surface area (Å²) >= 11 is 0. The zero-order chi connectivity index (χ0) is 13.9. The minimum atomic E-state index is -0.385. The van der Waals surface area contributed by atoms with Crippen molar-refractivity contribution in [3.8, 4) is 11.5 Å². The molecular formula is C15H8O5. The van der Waals surface area contributed by atoms with Gasteiger partial charge in [-0.1, -0.05) is 18.2 Å². The van der Waals surface area contributed by atoms with Crippen LogP contribution in [0.2, 0.25) is 0 Å². The Morgan fingerprint density at radius 1 is 0.900 bits per heavy atom. The molecule has 0 spiro atoms. The van der Waals surface area contributed by atoms with E-state index < -0.39 is 0 Å². The van der Waals surface area contributed by atoms with Gasteiger partial charge in [0.05, 0.1) is 0 Å². The molecule has 0 saturated carbocycles.